The molecule has 3 heterocycles. The third kappa shape index (κ3) is 3.55. The van der Waals surface area contributed by atoms with Crippen LogP contribution in [0.3, 0.4) is 0 Å². The van der Waals surface area contributed by atoms with Crippen molar-refractivity contribution in [3.8, 4) is 0 Å². The molecule has 1 aromatic carbocycles. The first-order valence-corrected chi connectivity index (χ1v) is 9.29. The molecule has 7 nitrogen and oxygen atoms in total. The van der Waals surface area contributed by atoms with E-state index in [0.29, 0.717) is 22.5 Å². The zero-order valence-electron chi connectivity index (χ0n) is 16.3. The molecule has 4 rings (SSSR count). The number of halogens is 1. The number of nitrogens with one attached hydrogen (secondary N) is 2. The number of aromatic amines is 1. The van der Waals surface area contributed by atoms with E-state index in [0.717, 1.165) is 5.39 Å². The average molecular weight is 407 g/mol. The molecule has 0 saturated heterocycles. The van der Waals surface area contributed by atoms with Gasteiger partial charge in [-0.25, -0.2) is 14.2 Å². The first kappa shape index (κ1) is 19.4. The Balaban J connectivity index is 1.72. The number of benzene rings is 1. The van der Waals surface area contributed by atoms with Gasteiger partial charge in [0.1, 0.15) is 11.5 Å². The fourth-order valence-electron chi connectivity index (χ4n) is 3.13. The Bertz CT molecular complexity index is 1230. The van der Waals surface area contributed by atoms with Crippen molar-refractivity contribution in [2.75, 3.05) is 11.9 Å². The summed E-state index contributed by atoms with van der Waals surface area (Å²) < 4.78 is 24.2. The second kappa shape index (κ2) is 7.82. The number of nitrogens with zero attached hydrogens (tertiary/aromatic N) is 1. The number of Topliss-reactive ketones (excluding diaryl/α,β-unsaturated/α-hetero) is 1. The van der Waals surface area contributed by atoms with Crippen molar-refractivity contribution in [3.05, 3.63) is 76.9 Å². The van der Waals surface area contributed by atoms with Crippen molar-refractivity contribution in [2.45, 2.75) is 13.8 Å². The molecule has 0 bridgehead atoms. The van der Waals surface area contributed by atoms with Gasteiger partial charge in [-0.1, -0.05) is 0 Å². The summed E-state index contributed by atoms with van der Waals surface area (Å²) in [6, 6.07) is 7.74. The molecule has 3 aromatic rings. The summed E-state index contributed by atoms with van der Waals surface area (Å²) in [4.78, 5) is 32.6. The first-order valence-electron chi connectivity index (χ1n) is 9.29. The van der Waals surface area contributed by atoms with Gasteiger partial charge < -0.3 is 19.8 Å². The first-order chi connectivity index (χ1) is 14.5. The highest BCUT2D eigenvalue weighted by atomic mass is 19.1. The number of ketones is 1. The minimum absolute atomic E-state index is 0.0370. The average Bonchev–Trinajstić information content (AvgIpc) is 3.26. The molecule has 0 saturated carbocycles. The zero-order valence-corrected chi connectivity index (χ0v) is 16.3. The number of pyridine rings is 1. The van der Waals surface area contributed by atoms with Crippen molar-refractivity contribution in [2.24, 2.45) is 0 Å². The maximum atomic E-state index is 13.4. The Morgan fingerprint density at radius 3 is 2.97 bits per heavy atom. The van der Waals surface area contributed by atoms with Crippen LogP contribution in [-0.4, -0.2) is 28.3 Å². The highest BCUT2D eigenvalue weighted by Crippen LogP contribution is 2.31. The van der Waals surface area contributed by atoms with E-state index >= 15 is 0 Å². The number of hydrogen-bond donors (Lipinski definition) is 2. The molecule has 0 atom stereocenters. The van der Waals surface area contributed by atoms with Crippen molar-refractivity contribution < 1.29 is 23.5 Å². The summed E-state index contributed by atoms with van der Waals surface area (Å²) in [6.45, 7) is 3.44. The maximum absolute atomic E-state index is 13.4. The van der Waals surface area contributed by atoms with Gasteiger partial charge in [0.2, 0.25) is 11.7 Å². The number of aryl methyl sites for hydroxylation is 1. The number of carbonyl (C=O) groups excluding carboxylic acids is 2. The number of fused-ring (bicyclic) bond motifs is 1. The van der Waals surface area contributed by atoms with Crippen LogP contribution >= 0.6 is 0 Å². The molecule has 0 radical (unpaired) electrons. The summed E-state index contributed by atoms with van der Waals surface area (Å²) in [5.41, 5.74) is 2.18. The van der Waals surface area contributed by atoms with Gasteiger partial charge in [-0.15, -0.1) is 0 Å². The van der Waals surface area contributed by atoms with Crippen molar-refractivity contribution >= 4 is 34.5 Å². The summed E-state index contributed by atoms with van der Waals surface area (Å²) >= 11 is 0. The van der Waals surface area contributed by atoms with Crippen LogP contribution in [-0.2, 0) is 19.1 Å². The molecule has 0 amide bonds. The molecular weight excluding hydrogens is 389 g/mol. The van der Waals surface area contributed by atoms with Crippen LogP contribution in [0.15, 0.2) is 59.9 Å². The molecule has 8 heteroatoms. The molecule has 152 valence electrons. The number of esters is 1. The molecule has 2 aromatic heterocycles. The Hall–Kier alpha value is -3.94. The van der Waals surface area contributed by atoms with Crippen LogP contribution in [0, 0.1) is 12.7 Å². The largest absolute Gasteiger partial charge is 0.462 e. The number of ether oxygens (including phenoxy) is 2. The van der Waals surface area contributed by atoms with Crippen LogP contribution in [0.1, 0.15) is 18.1 Å². The quantitative estimate of drug-likeness (QED) is 0.379. The Morgan fingerprint density at radius 2 is 2.20 bits per heavy atom. The van der Waals surface area contributed by atoms with E-state index in [9.17, 15) is 14.0 Å². The minimum atomic E-state index is -0.797. The van der Waals surface area contributed by atoms with E-state index in [-0.39, 0.29) is 23.8 Å². The number of anilines is 1. The third-order valence-corrected chi connectivity index (χ3v) is 4.58. The van der Waals surface area contributed by atoms with Crippen molar-refractivity contribution in [3.63, 3.8) is 0 Å². The monoisotopic (exact) mass is 407 g/mol. The number of rotatable bonds is 5. The second-order valence-electron chi connectivity index (χ2n) is 6.59. The van der Waals surface area contributed by atoms with Crippen LogP contribution in [0.5, 0.6) is 0 Å². The molecule has 0 aliphatic carbocycles. The Labute approximate surface area is 171 Å². The van der Waals surface area contributed by atoms with Crippen LogP contribution in [0.4, 0.5) is 10.1 Å². The topological polar surface area (TPSA) is 93.3 Å². The molecule has 30 heavy (non-hydrogen) atoms. The molecule has 0 unspecified atom stereocenters. The summed E-state index contributed by atoms with van der Waals surface area (Å²) in [5, 5.41) is 3.71. The van der Waals surface area contributed by atoms with Gasteiger partial charge in [0.25, 0.3) is 0 Å². The number of aromatic nitrogens is 2. The second-order valence-corrected chi connectivity index (χ2v) is 6.59. The Kier molecular flexibility index (Phi) is 5.05. The smallest absolute Gasteiger partial charge is 0.347 e. The van der Waals surface area contributed by atoms with E-state index in [1.165, 1.54) is 24.3 Å². The van der Waals surface area contributed by atoms with E-state index in [2.05, 4.69) is 15.3 Å². The lowest BCUT2D eigenvalue weighted by molar-refractivity contribution is -0.139. The highest BCUT2D eigenvalue weighted by molar-refractivity contribution is 6.26. The lowest BCUT2D eigenvalue weighted by atomic mass is 10.1. The lowest BCUT2D eigenvalue weighted by Gasteiger charge is -2.11. The minimum Gasteiger partial charge on any atom is -0.462 e. The van der Waals surface area contributed by atoms with Gasteiger partial charge in [-0.2, -0.15) is 0 Å². The zero-order chi connectivity index (χ0) is 21.3. The predicted molar refractivity (Wildman–Crippen MR) is 109 cm³/mol. The van der Waals surface area contributed by atoms with Crippen LogP contribution < -0.4 is 5.32 Å². The molecule has 2 N–H and O–H groups in total. The number of carbonyl (C=O) groups is 2. The van der Waals surface area contributed by atoms with Crippen molar-refractivity contribution in [1.82, 2.24) is 9.97 Å². The normalized spacial score (nSPS) is 15.0. The lowest BCUT2D eigenvalue weighted by Crippen LogP contribution is -2.16. The van der Waals surface area contributed by atoms with E-state index < -0.39 is 17.6 Å². The van der Waals surface area contributed by atoms with E-state index in [1.807, 2.05) is 6.07 Å². The Morgan fingerprint density at radius 1 is 1.37 bits per heavy atom. The van der Waals surface area contributed by atoms with E-state index in [4.69, 9.17) is 9.47 Å². The summed E-state index contributed by atoms with van der Waals surface area (Å²) in [7, 11) is 0. The SMILES string of the molecule is CCOC(=O)C1=C(Nc2ccc(F)cc2C)O/C(=C\c2c[nH]c3ncccc23)C1=O. The highest BCUT2D eigenvalue weighted by Gasteiger charge is 2.37. The fourth-order valence-corrected chi connectivity index (χ4v) is 3.13. The van der Waals surface area contributed by atoms with Gasteiger partial charge in [0, 0.05) is 29.0 Å². The summed E-state index contributed by atoms with van der Waals surface area (Å²) in [6.07, 6.45) is 4.88. The fraction of sp³-hybridized carbons (Fsp3) is 0.136. The van der Waals surface area contributed by atoms with Crippen LogP contribution in [0.2, 0.25) is 0 Å². The predicted octanol–water partition coefficient (Wildman–Crippen LogP) is 3.84. The molecule has 0 spiro atoms. The number of allylic oxidation sites excluding steroid dienone is 1. The summed E-state index contributed by atoms with van der Waals surface area (Å²) in [5.74, 6) is -1.89. The maximum Gasteiger partial charge on any atom is 0.347 e. The third-order valence-electron chi connectivity index (χ3n) is 4.58. The van der Waals surface area contributed by atoms with Crippen molar-refractivity contribution in [1.29, 1.82) is 0 Å². The van der Waals surface area contributed by atoms with Gasteiger partial charge >= 0.3 is 5.97 Å². The van der Waals surface area contributed by atoms with Gasteiger partial charge in [-0.05, 0) is 55.8 Å². The number of H-pyrrole nitrogens is 1. The standard InChI is InChI=1S/C22H18FN3O4/c1-3-29-22(28)18-19(27)17(10-13-11-25-20-15(13)5-4-8-24-20)30-21(18)26-16-7-6-14(23)9-12(16)2/h4-11,26H,3H2,1-2H3,(H,24,25)/b17-10-. The van der Waals surface area contributed by atoms with E-state index in [1.54, 1.807) is 32.3 Å². The van der Waals surface area contributed by atoms with Crippen LogP contribution in [0.25, 0.3) is 17.1 Å². The molecule has 1 aliphatic heterocycles. The van der Waals surface area contributed by atoms with Gasteiger partial charge in [0.15, 0.2) is 11.3 Å². The molecule has 0 fully saturated rings. The molecular formula is C22H18FN3O4. The van der Waals surface area contributed by atoms with Gasteiger partial charge in [-0.3, -0.25) is 4.79 Å². The number of hydrogen-bond acceptors (Lipinski definition) is 6. The molecule has 1 aliphatic rings. The van der Waals surface area contributed by atoms with Gasteiger partial charge in [0.05, 0.1) is 6.61 Å².